The van der Waals surface area contributed by atoms with Crippen LogP contribution < -0.4 is 10.2 Å². The molecule has 104 valence electrons. The minimum Gasteiger partial charge on any atom is -0.353 e. The van der Waals surface area contributed by atoms with E-state index in [1.165, 1.54) is 19.4 Å². The molecule has 0 spiro atoms. The minimum absolute atomic E-state index is 0.439. The first kappa shape index (κ1) is 12.7. The summed E-state index contributed by atoms with van der Waals surface area (Å²) in [7, 11) is 2.17. The highest BCUT2D eigenvalue weighted by Gasteiger charge is 2.23. The van der Waals surface area contributed by atoms with Gasteiger partial charge in [0.2, 0.25) is 0 Å². The second-order valence-electron chi connectivity index (χ2n) is 5.51. The number of rotatable bonds is 2. The summed E-state index contributed by atoms with van der Waals surface area (Å²) >= 11 is 0. The third-order valence-electron chi connectivity index (χ3n) is 3.99. The van der Waals surface area contributed by atoms with Crippen molar-refractivity contribution in [3.05, 3.63) is 12.0 Å². The van der Waals surface area contributed by atoms with E-state index in [1.807, 2.05) is 0 Å². The van der Waals surface area contributed by atoms with E-state index in [2.05, 4.69) is 32.4 Å². The van der Waals surface area contributed by atoms with Gasteiger partial charge in [-0.2, -0.15) is 5.10 Å². The Morgan fingerprint density at radius 2 is 2.11 bits per heavy atom. The van der Waals surface area contributed by atoms with Crippen molar-refractivity contribution in [3.63, 3.8) is 0 Å². The standard InChI is InChI=1S/C13H22N6/c1-18-6-2-3-11(10-18)13-16-12(9-15-17-13)19-7-4-14-5-8-19/h9,11,14H,2-8,10H2,1H3. The Balaban J connectivity index is 1.75. The van der Waals surface area contributed by atoms with Gasteiger partial charge in [0.05, 0.1) is 6.20 Å². The number of anilines is 1. The third-order valence-corrected chi connectivity index (χ3v) is 3.99. The number of piperidine rings is 1. The molecule has 2 fully saturated rings. The number of piperazine rings is 1. The molecule has 3 rings (SSSR count). The summed E-state index contributed by atoms with van der Waals surface area (Å²) in [5, 5.41) is 11.8. The van der Waals surface area contributed by atoms with Crippen LogP contribution in [0.3, 0.4) is 0 Å². The van der Waals surface area contributed by atoms with E-state index in [4.69, 9.17) is 4.98 Å². The van der Waals surface area contributed by atoms with Crippen LogP contribution in [0.25, 0.3) is 0 Å². The Labute approximate surface area is 114 Å². The second-order valence-corrected chi connectivity index (χ2v) is 5.51. The Bertz CT molecular complexity index is 417. The van der Waals surface area contributed by atoms with Crippen LogP contribution in [0.4, 0.5) is 5.82 Å². The molecule has 0 saturated carbocycles. The lowest BCUT2D eigenvalue weighted by Crippen LogP contribution is -2.44. The zero-order valence-corrected chi connectivity index (χ0v) is 11.5. The van der Waals surface area contributed by atoms with E-state index in [0.717, 1.165) is 44.4 Å². The van der Waals surface area contributed by atoms with Gasteiger partial charge in [0, 0.05) is 38.6 Å². The highest BCUT2D eigenvalue weighted by molar-refractivity contribution is 5.36. The molecule has 2 aliphatic heterocycles. The van der Waals surface area contributed by atoms with Gasteiger partial charge in [-0.3, -0.25) is 0 Å². The molecule has 6 heteroatoms. The molecule has 2 aliphatic rings. The smallest absolute Gasteiger partial charge is 0.157 e. The summed E-state index contributed by atoms with van der Waals surface area (Å²) in [5.74, 6) is 2.34. The quantitative estimate of drug-likeness (QED) is 0.815. The molecular weight excluding hydrogens is 240 g/mol. The molecule has 0 aromatic carbocycles. The van der Waals surface area contributed by atoms with Gasteiger partial charge in [-0.1, -0.05) is 0 Å². The zero-order chi connectivity index (χ0) is 13.1. The van der Waals surface area contributed by atoms with Crippen LogP contribution in [0.1, 0.15) is 24.6 Å². The van der Waals surface area contributed by atoms with E-state index in [-0.39, 0.29) is 0 Å². The minimum atomic E-state index is 0.439. The fourth-order valence-corrected chi connectivity index (χ4v) is 2.90. The molecule has 2 saturated heterocycles. The first-order valence-corrected chi connectivity index (χ1v) is 7.17. The number of nitrogens with zero attached hydrogens (tertiary/aromatic N) is 5. The maximum Gasteiger partial charge on any atom is 0.157 e. The van der Waals surface area contributed by atoms with Crippen molar-refractivity contribution in [2.75, 3.05) is 51.2 Å². The van der Waals surface area contributed by atoms with E-state index < -0.39 is 0 Å². The van der Waals surface area contributed by atoms with Crippen molar-refractivity contribution in [1.29, 1.82) is 0 Å². The predicted octanol–water partition coefficient (Wildman–Crippen LogP) is 0.0904. The molecule has 0 radical (unpaired) electrons. The van der Waals surface area contributed by atoms with Crippen LogP contribution in [0.2, 0.25) is 0 Å². The second kappa shape index (κ2) is 5.79. The van der Waals surface area contributed by atoms with Gasteiger partial charge >= 0.3 is 0 Å². The summed E-state index contributed by atoms with van der Waals surface area (Å²) in [6.45, 7) is 6.27. The van der Waals surface area contributed by atoms with Gasteiger partial charge in [-0.05, 0) is 26.4 Å². The van der Waals surface area contributed by atoms with Gasteiger partial charge in [0.15, 0.2) is 11.6 Å². The van der Waals surface area contributed by atoms with Crippen molar-refractivity contribution >= 4 is 5.82 Å². The van der Waals surface area contributed by atoms with E-state index >= 15 is 0 Å². The number of likely N-dealkylation sites (tertiary alicyclic amines) is 1. The summed E-state index contributed by atoms with van der Waals surface area (Å²) < 4.78 is 0. The summed E-state index contributed by atoms with van der Waals surface area (Å²) in [6.07, 6.45) is 4.20. The number of nitrogens with one attached hydrogen (secondary N) is 1. The van der Waals surface area contributed by atoms with Crippen LogP contribution >= 0.6 is 0 Å². The van der Waals surface area contributed by atoms with Gasteiger partial charge < -0.3 is 15.1 Å². The maximum absolute atomic E-state index is 4.75. The molecule has 1 atom stereocenters. The fraction of sp³-hybridized carbons (Fsp3) is 0.769. The number of hydrogen-bond acceptors (Lipinski definition) is 6. The van der Waals surface area contributed by atoms with Crippen LogP contribution in [0, 0.1) is 0 Å². The lowest BCUT2D eigenvalue weighted by Gasteiger charge is -2.30. The molecule has 6 nitrogen and oxygen atoms in total. The van der Waals surface area contributed by atoms with Gasteiger partial charge in [-0.25, -0.2) is 4.98 Å². The Morgan fingerprint density at radius 1 is 1.26 bits per heavy atom. The Morgan fingerprint density at radius 3 is 2.89 bits per heavy atom. The third kappa shape index (κ3) is 3.01. The summed E-state index contributed by atoms with van der Waals surface area (Å²) in [6, 6.07) is 0. The van der Waals surface area contributed by atoms with Gasteiger partial charge in [-0.15, -0.1) is 5.10 Å². The lowest BCUT2D eigenvalue weighted by molar-refractivity contribution is 0.245. The van der Waals surface area contributed by atoms with Crippen molar-refractivity contribution in [1.82, 2.24) is 25.4 Å². The highest BCUT2D eigenvalue weighted by Crippen LogP contribution is 2.24. The monoisotopic (exact) mass is 262 g/mol. The average molecular weight is 262 g/mol. The highest BCUT2D eigenvalue weighted by atomic mass is 15.3. The molecule has 0 amide bonds. The zero-order valence-electron chi connectivity index (χ0n) is 11.5. The number of aromatic nitrogens is 3. The van der Waals surface area contributed by atoms with Crippen LogP contribution in [-0.4, -0.2) is 66.4 Å². The molecule has 1 aromatic heterocycles. The first-order valence-electron chi connectivity index (χ1n) is 7.17. The van der Waals surface area contributed by atoms with Crippen LogP contribution in [-0.2, 0) is 0 Å². The first-order chi connectivity index (χ1) is 9.33. The van der Waals surface area contributed by atoms with Crippen LogP contribution in [0.15, 0.2) is 6.20 Å². The van der Waals surface area contributed by atoms with Crippen molar-refractivity contribution in [2.24, 2.45) is 0 Å². The Kier molecular flexibility index (Phi) is 3.89. The van der Waals surface area contributed by atoms with Crippen LogP contribution in [0.5, 0.6) is 0 Å². The Hall–Kier alpha value is -1.27. The van der Waals surface area contributed by atoms with E-state index in [9.17, 15) is 0 Å². The van der Waals surface area contributed by atoms with Gasteiger partial charge in [0.25, 0.3) is 0 Å². The molecule has 3 heterocycles. The molecule has 1 aromatic rings. The van der Waals surface area contributed by atoms with E-state index in [1.54, 1.807) is 6.20 Å². The largest absolute Gasteiger partial charge is 0.353 e. The SMILES string of the molecule is CN1CCCC(c2nncc(N3CCNCC3)n2)C1. The van der Waals surface area contributed by atoms with Crippen molar-refractivity contribution < 1.29 is 0 Å². The summed E-state index contributed by atoms with van der Waals surface area (Å²) in [5.41, 5.74) is 0. The van der Waals surface area contributed by atoms with Crippen molar-refractivity contribution in [2.45, 2.75) is 18.8 Å². The molecule has 1 N–H and O–H groups in total. The topological polar surface area (TPSA) is 57.2 Å². The molecule has 0 aliphatic carbocycles. The number of likely N-dealkylation sites (N-methyl/N-ethyl adjacent to an activating group) is 1. The molecule has 1 unspecified atom stereocenters. The lowest BCUT2D eigenvalue weighted by atomic mass is 9.98. The molecule has 19 heavy (non-hydrogen) atoms. The maximum atomic E-state index is 4.75. The predicted molar refractivity (Wildman–Crippen MR) is 74.4 cm³/mol. The molecular formula is C13H22N6. The van der Waals surface area contributed by atoms with Gasteiger partial charge in [0.1, 0.15) is 0 Å². The van der Waals surface area contributed by atoms with Crippen molar-refractivity contribution in [3.8, 4) is 0 Å². The average Bonchev–Trinajstić information content (AvgIpc) is 2.48. The van der Waals surface area contributed by atoms with E-state index in [0.29, 0.717) is 5.92 Å². The summed E-state index contributed by atoms with van der Waals surface area (Å²) in [4.78, 5) is 9.40. The molecule has 0 bridgehead atoms. The normalized spacial score (nSPS) is 25.5. The fourth-order valence-electron chi connectivity index (χ4n) is 2.90. The number of hydrogen-bond donors (Lipinski definition) is 1.